The van der Waals surface area contributed by atoms with Crippen LogP contribution in [0.2, 0.25) is 0 Å². The molecule has 0 aliphatic rings. The third-order valence-corrected chi connectivity index (χ3v) is 2.34. The minimum atomic E-state index is -0.485. The lowest BCUT2D eigenvalue weighted by Crippen LogP contribution is -2.38. The molecule has 1 atom stereocenters. The van der Waals surface area contributed by atoms with Gasteiger partial charge in [0.15, 0.2) is 0 Å². The maximum Gasteiger partial charge on any atom is 0.410 e. The highest BCUT2D eigenvalue weighted by Crippen LogP contribution is 2.09. The number of carbonyl (C=O) groups excluding carboxylic acids is 1. The van der Waals surface area contributed by atoms with Gasteiger partial charge in [-0.05, 0) is 33.7 Å². The fraction of sp³-hybridized carbons (Fsp3) is 0.846. The van der Waals surface area contributed by atoms with Crippen molar-refractivity contribution in [3.63, 3.8) is 0 Å². The summed E-state index contributed by atoms with van der Waals surface area (Å²) in [5, 5.41) is 12.1. The third kappa shape index (κ3) is 9.28. The average Bonchev–Trinajstić information content (AvgIpc) is 2.30. The Bertz CT molecular complexity index is 307. The smallest absolute Gasteiger partial charge is 0.410 e. The largest absolute Gasteiger partial charge is 0.444 e. The summed E-state index contributed by atoms with van der Waals surface area (Å²) < 4.78 is 5.22. The fourth-order valence-electron chi connectivity index (χ4n) is 1.35. The van der Waals surface area contributed by atoms with Crippen molar-refractivity contribution >= 4 is 6.09 Å². The van der Waals surface area contributed by atoms with E-state index in [9.17, 15) is 4.79 Å². The lowest BCUT2D eigenvalue weighted by atomic mass is 10.2. The average molecular weight is 271 g/mol. The standard InChI is InChI=1S/C13H25N3O3/c1-13(2,3)19-12(18)16(5)8-6-7-15-11(10-17)9-14-4/h11,15,17H,6-10H2,1-3,5H3. The minimum Gasteiger partial charge on any atom is -0.444 e. The van der Waals surface area contributed by atoms with Crippen molar-refractivity contribution < 1.29 is 14.6 Å². The fourth-order valence-corrected chi connectivity index (χ4v) is 1.35. The van der Waals surface area contributed by atoms with Crippen LogP contribution < -0.4 is 5.32 Å². The zero-order valence-corrected chi connectivity index (χ0v) is 12.3. The summed E-state index contributed by atoms with van der Waals surface area (Å²) in [5.41, 5.74) is -0.485. The molecule has 6 heteroatoms. The lowest BCUT2D eigenvalue weighted by molar-refractivity contribution is 0.0297. The van der Waals surface area contributed by atoms with E-state index >= 15 is 0 Å². The number of amides is 1. The molecule has 1 amide bonds. The zero-order valence-electron chi connectivity index (χ0n) is 12.3. The van der Waals surface area contributed by atoms with Crippen molar-refractivity contribution in [2.24, 2.45) is 0 Å². The Morgan fingerprint density at radius 1 is 1.53 bits per heavy atom. The number of aliphatic hydroxyl groups excluding tert-OH is 1. The highest BCUT2D eigenvalue weighted by Gasteiger charge is 2.19. The molecule has 0 aliphatic heterocycles. The SMILES string of the molecule is [C-]#[N+]CC(CO)NCCCN(C)C(=O)OC(C)(C)C. The topological polar surface area (TPSA) is 66.2 Å². The molecule has 1 unspecified atom stereocenters. The summed E-state index contributed by atoms with van der Waals surface area (Å²) in [6.07, 6.45) is 0.400. The molecule has 0 bridgehead atoms. The van der Waals surface area contributed by atoms with Crippen molar-refractivity contribution in [3.05, 3.63) is 11.4 Å². The van der Waals surface area contributed by atoms with Crippen molar-refractivity contribution in [2.45, 2.75) is 38.8 Å². The van der Waals surface area contributed by atoms with Gasteiger partial charge in [0.2, 0.25) is 6.54 Å². The predicted molar refractivity (Wildman–Crippen MR) is 73.8 cm³/mol. The van der Waals surface area contributed by atoms with E-state index < -0.39 is 5.60 Å². The molecule has 6 nitrogen and oxygen atoms in total. The molecular weight excluding hydrogens is 246 g/mol. The number of rotatable bonds is 7. The summed E-state index contributed by atoms with van der Waals surface area (Å²) in [5.74, 6) is 0. The Morgan fingerprint density at radius 3 is 2.63 bits per heavy atom. The summed E-state index contributed by atoms with van der Waals surface area (Å²) in [6, 6.07) is -0.190. The number of carbonyl (C=O) groups is 1. The Morgan fingerprint density at radius 2 is 2.16 bits per heavy atom. The first kappa shape index (κ1) is 17.7. The van der Waals surface area contributed by atoms with Crippen LogP contribution in [0.25, 0.3) is 4.85 Å². The minimum absolute atomic E-state index is 0.0513. The van der Waals surface area contributed by atoms with Crippen LogP contribution in [0, 0.1) is 6.57 Å². The van der Waals surface area contributed by atoms with Gasteiger partial charge in [0.1, 0.15) is 11.6 Å². The van der Waals surface area contributed by atoms with Gasteiger partial charge in [-0.2, -0.15) is 0 Å². The summed E-state index contributed by atoms with van der Waals surface area (Å²) in [6.45, 7) is 13.6. The van der Waals surface area contributed by atoms with Crippen molar-refractivity contribution in [3.8, 4) is 0 Å². The van der Waals surface area contributed by atoms with Gasteiger partial charge in [-0.3, -0.25) is 0 Å². The molecule has 110 valence electrons. The first-order valence-corrected chi connectivity index (χ1v) is 6.41. The number of nitrogens with zero attached hydrogens (tertiary/aromatic N) is 2. The van der Waals surface area contributed by atoms with Crippen molar-refractivity contribution in [2.75, 3.05) is 33.3 Å². The van der Waals surface area contributed by atoms with Crippen LogP contribution in [0.1, 0.15) is 27.2 Å². The molecule has 0 aromatic rings. The molecule has 0 aromatic heterocycles. The predicted octanol–water partition coefficient (Wildman–Crippen LogP) is 1.11. The summed E-state index contributed by atoms with van der Waals surface area (Å²) in [4.78, 5) is 16.4. The second-order valence-electron chi connectivity index (χ2n) is 5.43. The molecule has 0 saturated carbocycles. The van der Waals surface area contributed by atoms with E-state index in [1.54, 1.807) is 7.05 Å². The van der Waals surface area contributed by atoms with E-state index in [1.165, 1.54) is 4.90 Å². The molecule has 19 heavy (non-hydrogen) atoms. The van der Waals surface area contributed by atoms with Gasteiger partial charge in [0.05, 0.1) is 6.61 Å². The summed E-state index contributed by atoms with van der Waals surface area (Å²) in [7, 11) is 1.69. The molecule has 0 heterocycles. The second kappa shape index (κ2) is 8.73. The van der Waals surface area contributed by atoms with Crippen molar-refractivity contribution in [1.29, 1.82) is 0 Å². The maximum absolute atomic E-state index is 11.6. The second-order valence-corrected chi connectivity index (χ2v) is 5.43. The van der Waals surface area contributed by atoms with E-state index in [1.807, 2.05) is 20.8 Å². The van der Waals surface area contributed by atoms with Gasteiger partial charge in [0, 0.05) is 13.6 Å². The summed E-state index contributed by atoms with van der Waals surface area (Å²) >= 11 is 0. The van der Waals surface area contributed by atoms with Crippen LogP contribution in [0.3, 0.4) is 0 Å². The van der Waals surface area contributed by atoms with Crippen molar-refractivity contribution in [1.82, 2.24) is 10.2 Å². The highest BCUT2D eigenvalue weighted by molar-refractivity contribution is 5.67. The van der Waals surface area contributed by atoms with Crippen LogP contribution in [-0.2, 0) is 4.74 Å². The zero-order chi connectivity index (χ0) is 14.9. The van der Waals surface area contributed by atoms with E-state index in [4.69, 9.17) is 16.4 Å². The van der Waals surface area contributed by atoms with E-state index in [2.05, 4.69) is 10.2 Å². The molecule has 0 fully saturated rings. The van der Waals surface area contributed by atoms with E-state index in [0.29, 0.717) is 13.1 Å². The Labute approximate surface area is 115 Å². The Kier molecular flexibility index (Phi) is 8.12. The monoisotopic (exact) mass is 271 g/mol. The van der Waals surface area contributed by atoms with Gasteiger partial charge in [-0.25, -0.2) is 11.4 Å². The number of nitrogens with one attached hydrogen (secondary N) is 1. The molecule has 0 saturated heterocycles. The van der Waals surface area contributed by atoms with Crippen LogP contribution in [0.5, 0.6) is 0 Å². The van der Waals surface area contributed by atoms with Crippen LogP contribution in [-0.4, -0.2) is 61.0 Å². The molecule has 0 aromatic carbocycles. The molecule has 0 aliphatic carbocycles. The number of aliphatic hydroxyl groups is 1. The Balaban J connectivity index is 3.83. The van der Waals surface area contributed by atoms with Gasteiger partial charge in [-0.1, -0.05) is 0 Å². The van der Waals surface area contributed by atoms with Crippen LogP contribution in [0.4, 0.5) is 4.79 Å². The Hall–Kier alpha value is -1.32. The van der Waals surface area contributed by atoms with E-state index in [0.717, 1.165) is 6.42 Å². The maximum atomic E-state index is 11.6. The normalized spacial score (nSPS) is 12.6. The van der Waals surface area contributed by atoms with Gasteiger partial charge < -0.3 is 24.9 Å². The molecule has 0 rings (SSSR count). The van der Waals surface area contributed by atoms with Gasteiger partial charge in [-0.15, -0.1) is 0 Å². The lowest BCUT2D eigenvalue weighted by Gasteiger charge is -2.24. The molecular formula is C13H25N3O3. The molecule has 2 N–H and O–H groups in total. The van der Waals surface area contributed by atoms with Crippen LogP contribution in [0.15, 0.2) is 0 Å². The first-order valence-electron chi connectivity index (χ1n) is 6.41. The number of ether oxygens (including phenoxy) is 1. The first-order chi connectivity index (χ1) is 8.80. The molecule has 0 spiro atoms. The van der Waals surface area contributed by atoms with Gasteiger partial charge in [0.25, 0.3) is 0 Å². The van der Waals surface area contributed by atoms with Gasteiger partial charge >= 0.3 is 6.09 Å². The quantitative estimate of drug-likeness (QED) is 0.538. The highest BCUT2D eigenvalue weighted by atomic mass is 16.6. The van der Waals surface area contributed by atoms with E-state index in [-0.39, 0.29) is 25.3 Å². The number of hydrogen-bond donors (Lipinski definition) is 2. The third-order valence-electron chi connectivity index (χ3n) is 2.34. The number of hydrogen-bond acceptors (Lipinski definition) is 4. The molecule has 0 radical (unpaired) electrons. The van der Waals surface area contributed by atoms with Crippen LogP contribution >= 0.6 is 0 Å².